The zero-order valence-corrected chi connectivity index (χ0v) is 13.7. The van der Waals surface area contributed by atoms with Crippen LogP contribution >= 0.6 is 15.9 Å². The Morgan fingerprint density at radius 1 is 1.20 bits per heavy atom. The first-order chi connectivity index (χ1) is 9.49. The Morgan fingerprint density at radius 2 is 1.95 bits per heavy atom. The average Bonchev–Trinajstić information content (AvgIpc) is 2.40. The highest BCUT2D eigenvalue weighted by molar-refractivity contribution is 9.10. The monoisotopic (exact) mass is 333 g/mol. The molecule has 4 heteroatoms. The Bertz CT molecular complexity index is 611. The van der Waals surface area contributed by atoms with Gasteiger partial charge in [0, 0.05) is 22.2 Å². The summed E-state index contributed by atoms with van der Waals surface area (Å²) in [6.45, 7) is 6.88. The molecule has 2 rings (SSSR count). The van der Waals surface area contributed by atoms with E-state index in [2.05, 4.69) is 46.9 Å². The molecule has 0 radical (unpaired) electrons. The first-order valence-electron chi connectivity index (χ1n) is 6.80. The fourth-order valence-corrected chi connectivity index (χ4v) is 2.49. The minimum absolute atomic E-state index is 0.397. The van der Waals surface area contributed by atoms with Gasteiger partial charge in [-0.2, -0.15) is 0 Å². The second kappa shape index (κ2) is 6.46. The van der Waals surface area contributed by atoms with Gasteiger partial charge in [-0.05, 0) is 50.1 Å². The zero-order chi connectivity index (χ0) is 14.7. The van der Waals surface area contributed by atoms with Crippen molar-refractivity contribution in [2.75, 3.05) is 6.54 Å². The molecule has 2 aromatic rings. The molecule has 0 fully saturated rings. The second-order valence-corrected chi connectivity index (χ2v) is 6.23. The average molecular weight is 334 g/mol. The molecule has 1 atom stereocenters. The van der Waals surface area contributed by atoms with Crippen molar-refractivity contribution in [2.24, 2.45) is 11.7 Å². The van der Waals surface area contributed by atoms with Gasteiger partial charge in [-0.1, -0.05) is 28.9 Å². The van der Waals surface area contributed by atoms with Crippen molar-refractivity contribution in [3.63, 3.8) is 0 Å². The maximum atomic E-state index is 5.69. The summed E-state index contributed by atoms with van der Waals surface area (Å²) in [6, 6.07) is 8.28. The zero-order valence-electron chi connectivity index (χ0n) is 12.2. The molecule has 1 heterocycles. The maximum absolute atomic E-state index is 5.69. The predicted molar refractivity (Wildman–Crippen MR) is 86.6 cm³/mol. The minimum Gasteiger partial charge on any atom is -0.330 e. The Kier molecular flexibility index (Phi) is 4.89. The van der Waals surface area contributed by atoms with E-state index in [1.165, 1.54) is 5.56 Å². The van der Waals surface area contributed by atoms with E-state index in [1.807, 2.05) is 19.1 Å². The molecule has 0 aliphatic carbocycles. The fraction of sp³-hybridized carbons (Fsp3) is 0.375. The number of hydrogen-bond donors (Lipinski definition) is 1. The van der Waals surface area contributed by atoms with E-state index in [-0.39, 0.29) is 0 Å². The number of halogens is 1. The van der Waals surface area contributed by atoms with Gasteiger partial charge in [0.25, 0.3) is 0 Å². The van der Waals surface area contributed by atoms with E-state index in [9.17, 15) is 0 Å². The van der Waals surface area contributed by atoms with Crippen molar-refractivity contribution in [1.82, 2.24) is 9.97 Å². The third-order valence-electron chi connectivity index (χ3n) is 3.31. The van der Waals surface area contributed by atoms with Crippen molar-refractivity contribution in [3.8, 4) is 11.3 Å². The summed E-state index contributed by atoms with van der Waals surface area (Å²) >= 11 is 3.52. The van der Waals surface area contributed by atoms with Crippen LogP contribution in [0.1, 0.15) is 24.0 Å². The topological polar surface area (TPSA) is 51.8 Å². The Hall–Kier alpha value is -1.26. The molecule has 3 nitrogen and oxygen atoms in total. The van der Waals surface area contributed by atoms with Gasteiger partial charge in [0.2, 0.25) is 0 Å². The van der Waals surface area contributed by atoms with Crippen LogP contribution in [0.3, 0.4) is 0 Å². The van der Waals surface area contributed by atoms with Gasteiger partial charge in [0.15, 0.2) is 0 Å². The molecule has 106 valence electrons. The molecule has 0 bridgehead atoms. The Balaban J connectivity index is 2.44. The van der Waals surface area contributed by atoms with Gasteiger partial charge in [-0.3, -0.25) is 0 Å². The standard InChI is InChI=1S/C16H20BrN3/c1-10(9-18)6-16-19-12(3)7-15(20-16)14-8-13(17)5-4-11(14)2/h4-5,7-8,10H,6,9,18H2,1-3H3. The fourth-order valence-electron chi connectivity index (χ4n) is 2.12. The largest absolute Gasteiger partial charge is 0.330 e. The molecule has 1 unspecified atom stereocenters. The first-order valence-corrected chi connectivity index (χ1v) is 7.60. The molecule has 0 aliphatic rings. The van der Waals surface area contributed by atoms with Crippen molar-refractivity contribution in [3.05, 3.63) is 45.8 Å². The number of aromatic nitrogens is 2. The molecule has 0 saturated carbocycles. The molecule has 0 spiro atoms. The lowest BCUT2D eigenvalue weighted by Crippen LogP contribution is -2.15. The highest BCUT2D eigenvalue weighted by Crippen LogP contribution is 2.26. The van der Waals surface area contributed by atoms with Gasteiger partial charge in [-0.25, -0.2) is 9.97 Å². The molecule has 20 heavy (non-hydrogen) atoms. The van der Waals surface area contributed by atoms with Gasteiger partial charge < -0.3 is 5.73 Å². The van der Waals surface area contributed by atoms with Gasteiger partial charge >= 0.3 is 0 Å². The minimum atomic E-state index is 0.397. The molecular formula is C16H20BrN3. The Labute approximate surface area is 128 Å². The van der Waals surface area contributed by atoms with E-state index in [0.717, 1.165) is 33.7 Å². The SMILES string of the molecule is Cc1cc(-c2cc(Br)ccc2C)nc(CC(C)CN)n1. The molecule has 2 N–H and O–H groups in total. The van der Waals surface area contributed by atoms with Crippen LogP contribution in [-0.4, -0.2) is 16.5 Å². The first kappa shape index (κ1) is 15.1. The lowest BCUT2D eigenvalue weighted by Gasteiger charge is -2.11. The smallest absolute Gasteiger partial charge is 0.129 e. The summed E-state index contributed by atoms with van der Waals surface area (Å²) < 4.78 is 1.06. The maximum Gasteiger partial charge on any atom is 0.129 e. The third kappa shape index (κ3) is 3.64. The summed E-state index contributed by atoms with van der Waals surface area (Å²) in [4.78, 5) is 9.23. The van der Waals surface area contributed by atoms with Crippen LogP contribution < -0.4 is 5.73 Å². The van der Waals surface area contributed by atoms with E-state index in [0.29, 0.717) is 12.5 Å². The number of nitrogens with zero attached hydrogens (tertiary/aromatic N) is 2. The predicted octanol–water partition coefficient (Wildman–Crippen LogP) is 3.66. The summed E-state index contributed by atoms with van der Waals surface area (Å²) in [6.07, 6.45) is 0.818. The third-order valence-corrected chi connectivity index (χ3v) is 3.80. The number of benzene rings is 1. The molecule has 0 aliphatic heterocycles. The Morgan fingerprint density at radius 3 is 2.65 bits per heavy atom. The lowest BCUT2D eigenvalue weighted by molar-refractivity contribution is 0.573. The van der Waals surface area contributed by atoms with Gasteiger partial charge in [-0.15, -0.1) is 0 Å². The van der Waals surface area contributed by atoms with Crippen molar-refractivity contribution in [2.45, 2.75) is 27.2 Å². The van der Waals surface area contributed by atoms with E-state index in [4.69, 9.17) is 10.7 Å². The number of aryl methyl sites for hydroxylation is 2. The highest BCUT2D eigenvalue weighted by atomic mass is 79.9. The molecule has 1 aromatic heterocycles. The van der Waals surface area contributed by atoms with Crippen LogP contribution in [0.15, 0.2) is 28.7 Å². The van der Waals surface area contributed by atoms with Crippen molar-refractivity contribution in [1.29, 1.82) is 0 Å². The number of nitrogens with two attached hydrogens (primary N) is 1. The van der Waals surface area contributed by atoms with E-state index in [1.54, 1.807) is 0 Å². The van der Waals surface area contributed by atoms with Crippen LogP contribution in [0.25, 0.3) is 11.3 Å². The van der Waals surface area contributed by atoms with Crippen LogP contribution in [0.2, 0.25) is 0 Å². The number of hydrogen-bond acceptors (Lipinski definition) is 3. The quantitative estimate of drug-likeness (QED) is 0.928. The molecule has 0 saturated heterocycles. The molecule has 0 amide bonds. The molecule has 1 aromatic carbocycles. The van der Waals surface area contributed by atoms with E-state index < -0.39 is 0 Å². The van der Waals surface area contributed by atoms with Crippen LogP contribution in [0.4, 0.5) is 0 Å². The summed E-state index contributed by atoms with van der Waals surface area (Å²) in [7, 11) is 0. The normalized spacial score (nSPS) is 12.4. The summed E-state index contributed by atoms with van der Waals surface area (Å²) in [5, 5.41) is 0. The summed E-state index contributed by atoms with van der Waals surface area (Å²) in [5.74, 6) is 1.27. The lowest BCUT2D eigenvalue weighted by atomic mass is 10.0. The van der Waals surface area contributed by atoms with E-state index >= 15 is 0 Å². The van der Waals surface area contributed by atoms with Crippen LogP contribution in [-0.2, 0) is 6.42 Å². The molecular weight excluding hydrogens is 314 g/mol. The van der Waals surface area contributed by atoms with Crippen LogP contribution in [0.5, 0.6) is 0 Å². The van der Waals surface area contributed by atoms with Gasteiger partial charge in [0.05, 0.1) is 5.69 Å². The second-order valence-electron chi connectivity index (χ2n) is 5.32. The van der Waals surface area contributed by atoms with Crippen LogP contribution in [0, 0.1) is 19.8 Å². The highest BCUT2D eigenvalue weighted by Gasteiger charge is 2.10. The van der Waals surface area contributed by atoms with Crippen molar-refractivity contribution >= 4 is 15.9 Å². The summed E-state index contributed by atoms with van der Waals surface area (Å²) in [5.41, 5.74) is 10.0. The van der Waals surface area contributed by atoms with Gasteiger partial charge in [0.1, 0.15) is 5.82 Å². The van der Waals surface area contributed by atoms with Crippen molar-refractivity contribution < 1.29 is 0 Å². The number of rotatable bonds is 4.